The number of hydrogen-bond donors (Lipinski definition) is 1. The Balaban J connectivity index is 1.93. The third-order valence-electron chi connectivity index (χ3n) is 4.34. The Morgan fingerprint density at radius 3 is 2.42 bits per heavy atom. The van der Waals surface area contributed by atoms with E-state index in [0.717, 1.165) is 49.5 Å². The van der Waals surface area contributed by atoms with Gasteiger partial charge in [-0.3, -0.25) is 9.69 Å². The van der Waals surface area contributed by atoms with Gasteiger partial charge in [-0.15, -0.1) is 0 Å². The van der Waals surface area contributed by atoms with E-state index in [0.29, 0.717) is 0 Å². The highest BCUT2D eigenvalue weighted by Gasteiger charge is 2.27. The predicted octanol–water partition coefficient (Wildman–Crippen LogP) is 2.83. The Morgan fingerprint density at radius 1 is 1.21 bits per heavy atom. The maximum Gasteiger partial charge on any atom is 0.223 e. The predicted molar refractivity (Wildman–Crippen MR) is 95.4 cm³/mol. The number of ether oxygens (including phenoxy) is 2. The molecule has 1 heterocycles. The average molecular weight is 334 g/mol. The minimum absolute atomic E-state index is 0.118. The highest BCUT2D eigenvalue weighted by Crippen LogP contribution is 2.32. The maximum atomic E-state index is 12.3. The van der Waals surface area contributed by atoms with E-state index in [4.69, 9.17) is 9.47 Å². The van der Waals surface area contributed by atoms with Crippen molar-refractivity contribution in [1.82, 2.24) is 10.2 Å². The summed E-state index contributed by atoms with van der Waals surface area (Å²) < 4.78 is 10.9. The van der Waals surface area contributed by atoms with Crippen LogP contribution in [0.25, 0.3) is 0 Å². The number of benzene rings is 1. The molecule has 24 heavy (non-hydrogen) atoms. The van der Waals surface area contributed by atoms with Crippen molar-refractivity contribution < 1.29 is 14.3 Å². The first-order valence-electron chi connectivity index (χ1n) is 8.58. The Bertz CT molecular complexity index is 558. The molecule has 1 aromatic rings. The van der Waals surface area contributed by atoms with Gasteiger partial charge in [0.15, 0.2) is 11.5 Å². The molecule has 2 rings (SSSR count). The first kappa shape index (κ1) is 18.6. The van der Waals surface area contributed by atoms with Gasteiger partial charge in [-0.25, -0.2) is 0 Å². The second-order valence-corrected chi connectivity index (χ2v) is 7.44. The van der Waals surface area contributed by atoms with E-state index in [-0.39, 0.29) is 17.4 Å². The van der Waals surface area contributed by atoms with Crippen molar-refractivity contribution in [3.63, 3.8) is 0 Å². The summed E-state index contributed by atoms with van der Waals surface area (Å²) in [5, 5.41) is 3.09. The van der Waals surface area contributed by atoms with Gasteiger partial charge in [-0.05, 0) is 52.8 Å². The molecule has 1 saturated heterocycles. The van der Waals surface area contributed by atoms with Gasteiger partial charge < -0.3 is 14.8 Å². The van der Waals surface area contributed by atoms with Crippen molar-refractivity contribution in [2.45, 2.75) is 45.7 Å². The highest BCUT2D eigenvalue weighted by atomic mass is 16.5. The molecule has 1 aliphatic rings. The molecule has 134 valence electrons. The number of piperidine rings is 1. The van der Waals surface area contributed by atoms with Crippen molar-refractivity contribution >= 4 is 5.91 Å². The van der Waals surface area contributed by atoms with E-state index in [9.17, 15) is 4.79 Å². The number of methoxy groups -OCH3 is 2. The van der Waals surface area contributed by atoms with E-state index in [2.05, 4.69) is 16.3 Å². The highest BCUT2D eigenvalue weighted by molar-refractivity contribution is 5.79. The summed E-state index contributed by atoms with van der Waals surface area (Å²) in [5.74, 6) is 1.86. The summed E-state index contributed by atoms with van der Waals surface area (Å²) in [6.07, 6.45) is 1.79. The number of carbonyl (C=O) groups is 1. The van der Waals surface area contributed by atoms with Gasteiger partial charge in [0.1, 0.15) is 0 Å². The van der Waals surface area contributed by atoms with Crippen LogP contribution in [0.3, 0.4) is 0 Å². The van der Waals surface area contributed by atoms with Gasteiger partial charge in [-0.1, -0.05) is 12.1 Å². The summed E-state index contributed by atoms with van der Waals surface area (Å²) in [6, 6.07) is 5.96. The van der Waals surface area contributed by atoms with Crippen LogP contribution in [0, 0.1) is 5.92 Å². The SMILES string of the molecule is COc1cccc(CN2CCC(C(=O)NC(C)(C)C)CC2)c1OC. The molecule has 0 aromatic heterocycles. The van der Waals surface area contributed by atoms with Crippen LogP contribution in [0.5, 0.6) is 11.5 Å². The maximum absolute atomic E-state index is 12.3. The number of likely N-dealkylation sites (tertiary alicyclic amines) is 1. The molecule has 5 heteroatoms. The standard InChI is InChI=1S/C19H30N2O3/c1-19(2,3)20-18(22)14-9-11-21(12-10-14)13-15-7-6-8-16(23-4)17(15)24-5/h6-8,14H,9-13H2,1-5H3,(H,20,22). The molecule has 0 bridgehead atoms. The number of para-hydroxylation sites is 1. The lowest BCUT2D eigenvalue weighted by molar-refractivity contribution is -0.127. The molecule has 0 spiro atoms. The van der Waals surface area contributed by atoms with Gasteiger partial charge in [0, 0.05) is 23.6 Å². The van der Waals surface area contributed by atoms with E-state index in [1.165, 1.54) is 0 Å². The fourth-order valence-corrected chi connectivity index (χ4v) is 3.14. The molecule has 0 radical (unpaired) electrons. The second-order valence-electron chi connectivity index (χ2n) is 7.44. The lowest BCUT2D eigenvalue weighted by atomic mass is 9.94. The van der Waals surface area contributed by atoms with Crippen LogP contribution >= 0.6 is 0 Å². The van der Waals surface area contributed by atoms with Crippen LogP contribution in [-0.2, 0) is 11.3 Å². The Hall–Kier alpha value is -1.75. The number of rotatable bonds is 5. The number of nitrogens with one attached hydrogen (secondary N) is 1. The fraction of sp³-hybridized carbons (Fsp3) is 0.632. The monoisotopic (exact) mass is 334 g/mol. The number of carbonyl (C=O) groups excluding carboxylic acids is 1. The third-order valence-corrected chi connectivity index (χ3v) is 4.34. The minimum atomic E-state index is -0.165. The summed E-state index contributed by atoms with van der Waals surface area (Å²) in [4.78, 5) is 14.7. The van der Waals surface area contributed by atoms with Crippen molar-refractivity contribution in [3.8, 4) is 11.5 Å². The van der Waals surface area contributed by atoms with Gasteiger partial charge in [0.2, 0.25) is 5.91 Å². The number of nitrogens with zero attached hydrogens (tertiary/aromatic N) is 1. The molecule has 0 aliphatic carbocycles. The Labute approximate surface area is 145 Å². The van der Waals surface area contributed by atoms with Crippen molar-refractivity contribution in [1.29, 1.82) is 0 Å². The number of amides is 1. The molecule has 1 fully saturated rings. The van der Waals surface area contributed by atoms with Crippen molar-refractivity contribution in [3.05, 3.63) is 23.8 Å². The molecule has 1 aromatic carbocycles. The van der Waals surface area contributed by atoms with E-state index in [1.54, 1.807) is 14.2 Å². The quantitative estimate of drug-likeness (QED) is 0.900. The molecular weight excluding hydrogens is 304 g/mol. The molecule has 1 aliphatic heterocycles. The van der Waals surface area contributed by atoms with Crippen LogP contribution in [0.4, 0.5) is 0 Å². The van der Waals surface area contributed by atoms with E-state index < -0.39 is 0 Å². The summed E-state index contributed by atoms with van der Waals surface area (Å²) in [5.41, 5.74) is 0.955. The second kappa shape index (κ2) is 7.88. The first-order chi connectivity index (χ1) is 11.3. The number of hydrogen-bond acceptors (Lipinski definition) is 4. The van der Waals surface area contributed by atoms with Gasteiger partial charge in [0.25, 0.3) is 0 Å². The van der Waals surface area contributed by atoms with E-state index in [1.807, 2.05) is 32.9 Å². The zero-order valence-corrected chi connectivity index (χ0v) is 15.5. The average Bonchev–Trinajstić information content (AvgIpc) is 2.53. The molecule has 0 atom stereocenters. The molecule has 1 amide bonds. The minimum Gasteiger partial charge on any atom is -0.493 e. The summed E-state index contributed by atoms with van der Waals surface area (Å²) in [6.45, 7) is 8.72. The largest absolute Gasteiger partial charge is 0.493 e. The van der Waals surface area contributed by atoms with Crippen LogP contribution in [0.1, 0.15) is 39.2 Å². The molecule has 0 unspecified atom stereocenters. The van der Waals surface area contributed by atoms with Crippen molar-refractivity contribution in [2.75, 3.05) is 27.3 Å². The van der Waals surface area contributed by atoms with Crippen LogP contribution in [0.15, 0.2) is 18.2 Å². The Morgan fingerprint density at radius 2 is 1.88 bits per heavy atom. The first-order valence-corrected chi connectivity index (χ1v) is 8.58. The van der Waals surface area contributed by atoms with E-state index >= 15 is 0 Å². The van der Waals surface area contributed by atoms with Gasteiger partial charge in [0.05, 0.1) is 14.2 Å². The van der Waals surface area contributed by atoms with Gasteiger partial charge in [-0.2, -0.15) is 0 Å². The molecule has 0 saturated carbocycles. The van der Waals surface area contributed by atoms with Crippen LogP contribution < -0.4 is 14.8 Å². The Kier molecular flexibility index (Phi) is 6.10. The molecule has 1 N–H and O–H groups in total. The van der Waals surface area contributed by atoms with Gasteiger partial charge >= 0.3 is 0 Å². The third kappa shape index (κ3) is 4.87. The zero-order valence-electron chi connectivity index (χ0n) is 15.5. The van der Waals surface area contributed by atoms with Crippen molar-refractivity contribution in [2.24, 2.45) is 5.92 Å². The normalized spacial score (nSPS) is 16.7. The summed E-state index contributed by atoms with van der Waals surface area (Å²) in [7, 11) is 3.32. The summed E-state index contributed by atoms with van der Waals surface area (Å²) >= 11 is 0. The topological polar surface area (TPSA) is 50.8 Å². The lowest BCUT2D eigenvalue weighted by Crippen LogP contribution is -2.46. The molecule has 5 nitrogen and oxygen atoms in total. The van der Waals surface area contributed by atoms with Crippen LogP contribution in [0.2, 0.25) is 0 Å². The zero-order chi connectivity index (χ0) is 17.7. The molecular formula is C19H30N2O3. The lowest BCUT2D eigenvalue weighted by Gasteiger charge is -2.33. The smallest absolute Gasteiger partial charge is 0.223 e. The fourth-order valence-electron chi connectivity index (χ4n) is 3.14. The van der Waals surface area contributed by atoms with Crippen LogP contribution in [-0.4, -0.2) is 43.7 Å².